The maximum Gasteiger partial charge on any atom is 0.289 e. The van der Waals surface area contributed by atoms with Gasteiger partial charge in [-0.15, -0.1) is 0 Å². The molecule has 1 aromatic carbocycles. The van der Waals surface area contributed by atoms with Crippen molar-refractivity contribution in [3.05, 3.63) is 48.2 Å². The summed E-state index contributed by atoms with van der Waals surface area (Å²) in [6.07, 6.45) is 0. The molecular weight excluding hydrogens is 202 g/mol. The Hall–Kier alpha value is -2.03. The van der Waals surface area contributed by atoms with Crippen molar-refractivity contribution >= 4 is 5.91 Å². The second kappa shape index (κ2) is 4.23. The molecule has 0 fully saturated rings. The SMILES string of the molecule is CN(C)C(=O)c1ccc(-c2ccccc2)o1. The van der Waals surface area contributed by atoms with Gasteiger partial charge >= 0.3 is 0 Å². The van der Waals surface area contributed by atoms with Crippen LogP contribution in [0, 0.1) is 0 Å². The Morgan fingerprint density at radius 2 is 1.75 bits per heavy atom. The summed E-state index contributed by atoms with van der Waals surface area (Å²) in [6.45, 7) is 0. The first-order valence-electron chi connectivity index (χ1n) is 5.05. The number of benzene rings is 1. The lowest BCUT2D eigenvalue weighted by atomic mass is 10.2. The van der Waals surface area contributed by atoms with E-state index in [1.807, 2.05) is 36.4 Å². The van der Waals surface area contributed by atoms with E-state index in [4.69, 9.17) is 4.42 Å². The molecule has 0 saturated heterocycles. The predicted octanol–water partition coefficient (Wildman–Crippen LogP) is 2.65. The van der Waals surface area contributed by atoms with Gasteiger partial charge < -0.3 is 9.32 Å². The summed E-state index contributed by atoms with van der Waals surface area (Å²) in [7, 11) is 3.40. The first-order valence-corrected chi connectivity index (χ1v) is 5.05. The lowest BCUT2D eigenvalue weighted by Crippen LogP contribution is -2.20. The number of furan rings is 1. The molecule has 0 N–H and O–H groups in total. The number of hydrogen-bond donors (Lipinski definition) is 0. The highest BCUT2D eigenvalue weighted by atomic mass is 16.4. The smallest absolute Gasteiger partial charge is 0.289 e. The van der Waals surface area contributed by atoms with Crippen LogP contribution in [0.1, 0.15) is 10.6 Å². The van der Waals surface area contributed by atoms with Crippen LogP contribution in [0.5, 0.6) is 0 Å². The lowest BCUT2D eigenvalue weighted by molar-refractivity contribution is 0.0797. The lowest BCUT2D eigenvalue weighted by Gasteiger charge is -2.06. The molecule has 3 heteroatoms. The average Bonchev–Trinajstić information content (AvgIpc) is 2.78. The zero-order valence-electron chi connectivity index (χ0n) is 9.31. The van der Waals surface area contributed by atoms with E-state index in [0.717, 1.165) is 5.56 Å². The van der Waals surface area contributed by atoms with Gasteiger partial charge in [0.15, 0.2) is 5.76 Å². The van der Waals surface area contributed by atoms with Crippen LogP contribution in [0.25, 0.3) is 11.3 Å². The molecule has 16 heavy (non-hydrogen) atoms. The van der Waals surface area contributed by atoms with E-state index in [0.29, 0.717) is 11.5 Å². The minimum absolute atomic E-state index is 0.123. The Morgan fingerprint density at radius 1 is 1.06 bits per heavy atom. The van der Waals surface area contributed by atoms with Gasteiger partial charge in [-0.25, -0.2) is 0 Å². The molecule has 0 spiro atoms. The molecule has 0 atom stereocenters. The maximum absolute atomic E-state index is 11.6. The summed E-state index contributed by atoms with van der Waals surface area (Å²) in [6, 6.07) is 13.2. The molecule has 0 aliphatic heterocycles. The molecule has 3 nitrogen and oxygen atoms in total. The maximum atomic E-state index is 11.6. The second-order valence-electron chi connectivity index (χ2n) is 3.73. The Labute approximate surface area is 94.3 Å². The third kappa shape index (κ3) is 1.98. The highest BCUT2D eigenvalue weighted by molar-refractivity contribution is 5.91. The summed E-state index contributed by atoms with van der Waals surface area (Å²) in [4.78, 5) is 13.1. The van der Waals surface area contributed by atoms with Crippen LogP contribution in [-0.2, 0) is 0 Å². The van der Waals surface area contributed by atoms with E-state index in [-0.39, 0.29) is 5.91 Å². The number of amides is 1. The fourth-order valence-electron chi connectivity index (χ4n) is 1.43. The number of nitrogens with zero attached hydrogens (tertiary/aromatic N) is 1. The first kappa shape index (κ1) is 10.5. The van der Waals surface area contributed by atoms with Gasteiger partial charge in [-0.1, -0.05) is 30.3 Å². The molecule has 2 aromatic rings. The van der Waals surface area contributed by atoms with E-state index in [2.05, 4.69) is 0 Å². The predicted molar refractivity (Wildman–Crippen MR) is 62.2 cm³/mol. The van der Waals surface area contributed by atoms with Gasteiger partial charge in [0.05, 0.1) is 0 Å². The topological polar surface area (TPSA) is 33.5 Å². The highest BCUT2D eigenvalue weighted by Gasteiger charge is 2.13. The highest BCUT2D eigenvalue weighted by Crippen LogP contribution is 2.22. The molecule has 82 valence electrons. The molecule has 0 radical (unpaired) electrons. The Bertz CT molecular complexity index is 486. The minimum Gasteiger partial charge on any atom is -0.451 e. The van der Waals surface area contributed by atoms with Gasteiger partial charge in [-0.05, 0) is 12.1 Å². The van der Waals surface area contributed by atoms with Gasteiger partial charge in [0.1, 0.15) is 5.76 Å². The van der Waals surface area contributed by atoms with E-state index < -0.39 is 0 Å². The summed E-state index contributed by atoms with van der Waals surface area (Å²) < 4.78 is 5.50. The molecule has 0 aliphatic carbocycles. The zero-order chi connectivity index (χ0) is 11.5. The van der Waals surface area contributed by atoms with Crippen molar-refractivity contribution in [2.75, 3.05) is 14.1 Å². The van der Waals surface area contributed by atoms with Crippen molar-refractivity contribution in [2.24, 2.45) is 0 Å². The molecular formula is C13H13NO2. The van der Waals surface area contributed by atoms with Crippen molar-refractivity contribution < 1.29 is 9.21 Å². The van der Waals surface area contributed by atoms with E-state index in [1.54, 1.807) is 20.2 Å². The molecule has 1 heterocycles. The fraction of sp³-hybridized carbons (Fsp3) is 0.154. The van der Waals surface area contributed by atoms with Crippen molar-refractivity contribution in [3.63, 3.8) is 0 Å². The number of carbonyl (C=O) groups excluding carboxylic acids is 1. The minimum atomic E-state index is -0.123. The van der Waals surface area contributed by atoms with Crippen LogP contribution in [0.15, 0.2) is 46.9 Å². The van der Waals surface area contributed by atoms with Crippen LogP contribution < -0.4 is 0 Å². The van der Waals surface area contributed by atoms with Crippen LogP contribution in [0.4, 0.5) is 0 Å². The second-order valence-corrected chi connectivity index (χ2v) is 3.73. The van der Waals surface area contributed by atoms with Crippen LogP contribution in [0.2, 0.25) is 0 Å². The summed E-state index contributed by atoms with van der Waals surface area (Å²) in [5.41, 5.74) is 0.973. The monoisotopic (exact) mass is 215 g/mol. The van der Waals surface area contributed by atoms with Crippen LogP contribution >= 0.6 is 0 Å². The van der Waals surface area contributed by atoms with Gasteiger partial charge in [0.25, 0.3) is 5.91 Å². The summed E-state index contributed by atoms with van der Waals surface area (Å²) >= 11 is 0. The molecule has 0 saturated carbocycles. The first-order chi connectivity index (χ1) is 7.68. The van der Waals surface area contributed by atoms with Crippen LogP contribution in [0.3, 0.4) is 0 Å². The van der Waals surface area contributed by atoms with Gasteiger partial charge in [0.2, 0.25) is 0 Å². The zero-order valence-corrected chi connectivity index (χ0v) is 9.31. The quantitative estimate of drug-likeness (QED) is 0.771. The molecule has 0 unspecified atom stereocenters. The standard InChI is InChI=1S/C13H13NO2/c1-14(2)13(15)12-9-8-11(16-12)10-6-4-3-5-7-10/h3-9H,1-2H3. The van der Waals surface area contributed by atoms with E-state index >= 15 is 0 Å². The van der Waals surface area contributed by atoms with Crippen LogP contribution in [-0.4, -0.2) is 24.9 Å². The van der Waals surface area contributed by atoms with Gasteiger partial charge in [-0.2, -0.15) is 0 Å². The summed E-state index contributed by atoms with van der Waals surface area (Å²) in [5.74, 6) is 0.955. The molecule has 2 rings (SSSR count). The van der Waals surface area contributed by atoms with E-state index in [9.17, 15) is 4.79 Å². The van der Waals surface area contributed by atoms with Crippen molar-refractivity contribution in [2.45, 2.75) is 0 Å². The van der Waals surface area contributed by atoms with Gasteiger partial charge in [0, 0.05) is 19.7 Å². The number of hydrogen-bond acceptors (Lipinski definition) is 2. The largest absolute Gasteiger partial charge is 0.451 e. The molecule has 1 aromatic heterocycles. The molecule has 0 bridgehead atoms. The number of carbonyl (C=O) groups is 1. The third-order valence-corrected chi connectivity index (χ3v) is 2.28. The van der Waals surface area contributed by atoms with E-state index in [1.165, 1.54) is 4.90 Å². The molecule has 0 aliphatic rings. The average molecular weight is 215 g/mol. The van der Waals surface area contributed by atoms with Crippen molar-refractivity contribution in [1.29, 1.82) is 0 Å². The Morgan fingerprint density at radius 3 is 2.38 bits per heavy atom. The normalized spacial score (nSPS) is 10.1. The van der Waals surface area contributed by atoms with Crippen molar-refractivity contribution in [3.8, 4) is 11.3 Å². The third-order valence-electron chi connectivity index (χ3n) is 2.28. The number of rotatable bonds is 2. The Kier molecular flexibility index (Phi) is 2.77. The van der Waals surface area contributed by atoms with Crippen molar-refractivity contribution in [1.82, 2.24) is 4.90 Å². The Balaban J connectivity index is 2.30. The summed E-state index contributed by atoms with van der Waals surface area (Å²) in [5, 5.41) is 0. The molecule has 1 amide bonds. The fourth-order valence-corrected chi connectivity index (χ4v) is 1.43. The van der Waals surface area contributed by atoms with Gasteiger partial charge in [-0.3, -0.25) is 4.79 Å².